The molecule has 1 N–H and O–H groups in total. The Hall–Kier alpha value is -1.16. The molecule has 0 aromatic heterocycles. The van der Waals surface area contributed by atoms with Crippen LogP contribution in [0.3, 0.4) is 0 Å². The normalized spacial score (nSPS) is 27.6. The summed E-state index contributed by atoms with van der Waals surface area (Å²) in [5.41, 5.74) is 0. The third-order valence-corrected chi connectivity index (χ3v) is 5.53. The summed E-state index contributed by atoms with van der Waals surface area (Å²) in [4.78, 5) is 13.1. The number of nitrogens with one attached hydrogen (secondary N) is 1. The molecular weight excluding hydrogens is 270 g/mol. The summed E-state index contributed by atoms with van der Waals surface area (Å²) in [7, 11) is 1.66. The number of ether oxygens (including phenoxy) is 1. The van der Waals surface area contributed by atoms with E-state index in [1.54, 1.807) is 18.9 Å². The number of thioether (sulfide) groups is 1. The molecule has 0 radical (unpaired) electrons. The summed E-state index contributed by atoms with van der Waals surface area (Å²) in [6.07, 6.45) is 5.21. The van der Waals surface area contributed by atoms with Crippen LogP contribution in [-0.2, 0) is 4.79 Å². The van der Waals surface area contributed by atoms with Gasteiger partial charge in [-0.25, -0.2) is 0 Å². The maximum atomic E-state index is 12.0. The molecule has 0 saturated heterocycles. The van der Waals surface area contributed by atoms with Crippen LogP contribution in [0.1, 0.15) is 25.7 Å². The van der Waals surface area contributed by atoms with Gasteiger partial charge in [-0.05, 0) is 55.4 Å². The Kier molecular flexibility index (Phi) is 4.20. The summed E-state index contributed by atoms with van der Waals surface area (Å²) < 4.78 is 5.12. The zero-order valence-corrected chi connectivity index (χ0v) is 12.6. The number of carbonyl (C=O) groups is 1. The summed E-state index contributed by atoms with van der Waals surface area (Å²) in [6.45, 7) is 0. The molecule has 0 heterocycles. The molecule has 1 aromatic carbocycles. The quantitative estimate of drug-likeness (QED) is 0.847. The van der Waals surface area contributed by atoms with Crippen molar-refractivity contribution in [3.8, 4) is 5.75 Å². The van der Waals surface area contributed by atoms with Crippen LogP contribution >= 0.6 is 11.8 Å². The highest BCUT2D eigenvalue weighted by molar-refractivity contribution is 8.00. The van der Waals surface area contributed by atoms with Gasteiger partial charge in [-0.1, -0.05) is 6.42 Å². The molecular formula is C16H21NO2S. The summed E-state index contributed by atoms with van der Waals surface area (Å²) in [6, 6.07) is 8.28. The van der Waals surface area contributed by atoms with E-state index in [0.717, 1.165) is 22.5 Å². The lowest BCUT2D eigenvalue weighted by molar-refractivity contribution is -0.119. The fraction of sp³-hybridized carbons (Fsp3) is 0.562. The summed E-state index contributed by atoms with van der Waals surface area (Å²) in [5, 5.41) is 3.22. The van der Waals surface area contributed by atoms with Crippen LogP contribution in [0.2, 0.25) is 0 Å². The molecule has 3 nitrogen and oxygen atoms in total. The van der Waals surface area contributed by atoms with E-state index in [1.807, 2.05) is 24.3 Å². The average molecular weight is 291 g/mol. The lowest BCUT2D eigenvalue weighted by Gasteiger charge is -2.22. The molecule has 1 aromatic rings. The van der Waals surface area contributed by atoms with E-state index < -0.39 is 0 Å². The molecule has 3 rings (SSSR count). The van der Waals surface area contributed by atoms with Crippen LogP contribution in [0.5, 0.6) is 5.75 Å². The van der Waals surface area contributed by atoms with Gasteiger partial charge in [0.05, 0.1) is 12.9 Å². The minimum atomic E-state index is 0.170. The smallest absolute Gasteiger partial charge is 0.230 e. The third-order valence-electron chi connectivity index (χ3n) is 4.51. The maximum absolute atomic E-state index is 12.0. The highest BCUT2D eigenvalue weighted by atomic mass is 32.2. The summed E-state index contributed by atoms with van der Waals surface area (Å²) >= 11 is 1.58. The first kappa shape index (κ1) is 13.8. The van der Waals surface area contributed by atoms with Crippen LogP contribution in [0.4, 0.5) is 0 Å². The van der Waals surface area contributed by atoms with E-state index in [9.17, 15) is 4.79 Å². The Balaban J connectivity index is 1.44. The Labute approximate surface area is 124 Å². The SMILES string of the molecule is COc1ccc(SCC(=O)N[C@H]2C[C@H]3CC[C@H]2C3)cc1. The van der Waals surface area contributed by atoms with Gasteiger partial charge in [0.1, 0.15) is 5.75 Å². The number of hydrogen-bond donors (Lipinski definition) is 1. The van der Waals surface area contributed by atoms with Crippen molar-refractivity contribution in [2.75, 3.05) is 12.9 Å². The second-order valence-corrected chi connectivity index (χ2v) is 6.86. The fourth-order valence-corrected chi connectivity index (χ4v) is 4.20. The Morgan fingerprint density at radius 2 is 2.10 bits per heavy atom. The number of hydrogen-bond acceptors (Lipinski definition) is 3. The Bertz CT molecular complexity index is 474. The van der Waals surface area contributed by atoms with Gasteiger partial charge in [-0.15, -0.1) is 11.8 Å². The van der Waals surface area contributed by atoms with E-state index in [4.69, 9.17) is 4.74 Å². The van der Waals surface area contributed by atoms with Gasteiger partial charge in [0.2, 0.25) is 5.91 Å². The highest BCUT2D eigenvalue weighted by Gasteiger charge is 2.39. The molecule has 108 valence electrons. The van der Waals surface area contributed by atoms with E-state index in [-0.39, 0.29) is 5.91 Å². The number of amides is 1. The van der Waals surface area contributed by atoms with Crippen LogP contribution in [0.15, 0.2) is 29.2 Å². The Morgan fingerprint density at radius 3 is 2.70 bits per heavy atom. The molecule has 3 atom stereocenters. The average Bonchev–Trinajstić information content (AvgIpc) is 3.08. The zero-order valence-electron chi connectivity index (χ0n) is 11.8. The molecule has 2 aliphatic carbocycles. The number of rotatable bonds is 5. The molecule has 2 saturated carbocycles. The van der Waals surface area contributed by atoms with Gasteiger partial charge in [-0.3, -0.25) is 4.79 Å². The molecule has 0 spiro atoms. The zero-order chi connectivity index (χ0) is 13.9. The molecule has 2 fully saturated rings. The molecule has 0 aliphatic heterocycles. The minimum absolute atomic E-state index is 0.170. The van der Waals surface area contributed by atoms with E-state index >= 15 is 0 Å². The largest absolute Gasteiger partial charge is 0.497 e. The standard InChI is InChI=1S/C16H21NO2S/c1-19-13-4-6-14(7-5-13)20-10-16(18)17-15-9-11-2-3-12(15)8-11/h4-7,11-12,15H,2-3,8-10H2,1H3,(H,17,18)/t11-,12-,15-/m0/s1. The van der Waals surface area contributed by atoms with Crippen LogP contribution in [0.25, 0.3) is 0 Å². The third kappa shape index (κ3) is 3.11. The lowest BCUT2D eigenvalue weighted by atomic mass is 9.95. The van der Waals surface area contributed by atoms with Gasteiger partial charge >= 0.3 is 0 Å². The van der Waals surface area contributed by atoms with Crippen LogP contribution in [0, 0.1) is 11.8 Å². The fourth-order valence-electron chi connectivity index (χ4n) is 3.49. The van der Waals surface area contributed by atoms with Gasteiger partial charge < -0.3 is 10.1 Å². The van der Waals surface area contributed by atoms with Gasteiger partial charge in [0.25, 0.3) is 0 Å². The first-order valence-corrected chi connectivity index (χ1v) is 8.29. The number of carbonyl (C=O) groups excluding carboxylic acids is 1. The first-order chi connectivity index (χ1) is 9.74. The predicted molar refractivity (Wildman–Crippen MR) is 81.1 cm³/mol. The lowest BCUT2D eigenvalue weighted by Crippen LogP contribution is -2.39. The van der Waals surface area contributed by atoms with Crippen molar-refractivity contribution < 1.29 is 9.53 Å². The monoisotopic (exact) mass is 291 g/mol. The molecule has 4 heteroatoms. The maximum Gasteiger partial charge on any atom is 0.230 e. The van der Waals surface area contributed by atoms with Crippen LogP contribution < -0.4 is 10.1 Å². The second-order valence-electron chi connectivity index (χ2n) is 5.81. The first-order valence-electron chi connectivity index (χ1n) is 7.31. The molecule has 2 bridgehead atoms. The molecule has 0 unspecified atom stereocenters. The van der Waals surface area contributed by atoms with Crippen molar-refractivity contribution in [3.63, 3.8) is 0 Å². The van der Waals surface area contributed by atoms with Gasteiger partial charge in [0, 0.05) is 10.9 Å². The van der Waals surface area contributed by atoms with Crippen molar-refractivity contribution in [1.29, 1.82) is 0 Å². The van der Waals surface area contributed by atoms with Crippen LogP contribution in [-0.4, -0.2) is 24.8 Å². The van der Waals surface area contributed by atoms with Gasteiger partial charge in [-0.2, -0.15) is 0 Å². The number of fused-ring (bicyclic) bond motifs is 2. The summed E-state index contributed by atoms with van der Waals surface area (Å²) in [5.74, 6) is 3.14. The van der Waals surface area contributed by atoms with Crippen molar-refractivity contribution in [3.05, 3.63) is 24.3 Å². The molecule has 2 aliphatic rings. The van der Waals surface area contributed by atoms with Crippen molar-refractivity contribution >= 4 is 17.7 Å². The van der Waals surface area contributed by atoms with E-state index in [0.29, 0.717) is 11.8 Å². The van der Waals surface area contributed by atoms with Crippen molar-refractivity contribution in [1.82, 2.24) is 5.32 Å². The van der Waals surface area contributed by atoms with E-state index in [2.05, 4.69) is 5.32 Å². The Morgan fingerprint density at radius 1 is 1.30 bits per heavy atom. The predicted octanol–water partition coefficient (Wildman–Crippen LogP) is 3.09. The minimum Gasteiger partial charge on any atom is -0.497 e. The topological polar surface area (TPSA) is 38.3 Å². The van der Waals surface area contributed by atoms with Crippen molar-refractivity contribution in [2.45, 2.75) is 36.6 Å². The number of methoxy groups -OCH3 is 1. The number of benzene rings is 1. The second kappa shape index (κ2) is 6.08. The highest BCUT2D eigenvalue weighted by Crippen LogP contribution is 2.44. The van der Waals surface area contributed by atoms with E-state index in [1.165, 1.54) is 25.7 Å². The molecule has 1 amide bonds. The van der Waals surface area contributed by atoms with Gasteiger partial charge in [0.15, 0.2) is 0 Å². The molecule has 20 heavy (non-hydrogen) atoms. The van der Waals surface area contributed by atoms with Crippen molar-refractivity contribution in [2.24, 2.45) is 11.8 Å².